The molecule has 13 N–H and O–H groups in total. The summed E-state index contributed by atoms with van der Waals surface area (Å²) in [7, 11) is 0. The lowest BCUT2D eigenvalue weighted by atomic mass is 10.0. The molecule has 0 unspecified atom stereocenters. The highest BCUT2D eigenvalue weighted by atomic mass is 16.4. The second-order valence-electron chi connectivity index (χ2n) is 18.9. The number of carboxylic acids is 1. The standard InChI is InChI=1S/C55H69N9O13/c1-33(65)47(54(75)64-27-13-21-44(64)53(74)59-40(49(70)63-48(34(2)66)55(76)77)20-12-26-57-45(68)31-37-18-10-5-11-19-37)62-52(73)43(30-38-22-24-39(67)25-23-38)61-51(72)42(29-36-16-8-4-9-17-36)60-50(71)41(58-46(69)32-56)28-35-14-6-3-7-15-35/h3-11,14-19,22-25,33-34,40-44,47-48,65-67H,12-13,20-21,26-32,56H2,1-2H3,(H,57,68)(H,58,69)(H,59,74)(H,60,71)(H,61,72)(H,62,73)(H,63,70)(H,76,77)/t33-,34-,40+,41+,42+,43+,44+,47+,48+/m1/s1. The van der Waals surface area contributed by atoms with E-state index in [1.165, 1.54) is 31.2 Å². The van der Waals surface area contributed by atoms with Gasteiger partial charge in [0.15, 0.2) is 6.04 Å². The van der Waals surface area contributed by atoms with Crippen LogP contribution in [-0.2, 0) is 68.8 Å². The van der Waals surface area contributed by atoms with Crippen molar-refractivity contribution in [3.8, 4) is 5.75 Å². The van der Waals surface area contributed by atoms with Crippen molar-refractivity contribution in [1.29, 1.82) is 0 Å². The lowest BCUT2D eigenvalue weighted by Crippen LogP contribution is -2.62. The van der Waals surface area contributed by atoms with Gasteiger partial charge in [-0.25, -0.2) is 4.79 Å². The summed E-state index contributed by atoms with van der Waals surface area (Å²) in [5.74, 6) is -7.72. The van der Waals surface area contributed by atoms with Crippen molar-refractivity contribution < 1.29 is 63.6 Å². The zero-order chi connectivity index (χ0) is 56.0. The molecule has 412 valence electrons. The Morgan fingerprint density at radius 2 is 1.03 bits per heavy atom. The lowest BCUT2D eigenvalue weighted by molar-refractivity contribution is -0.146. The van der Waals surface area contributed by atoms with E-state index in [1.807, 2.05) is 6.07 Å². The number of hydrogen-bond donors (Lipinski definition) is 12. The van der Waals surface area contributed by atoms with E-state index in [4.69, 9.17) is 5.73 Å². The van der Waals surface area contributed by atoms with Gasteiger partial charge in [-0.3, -0.25) is 38.4 Å². The predicted octanol–water partition coefficient (Wildman–Crippen LogP) is -0.736. The van der Waals surface area contributed by atoms with Gasteiger partial charge in [0.05, 0.1) is 25.2 Å². The van der Waals surface area contributed by atoms with E-state index in [-0.39, 0.29) is 76.1 Å². The second kappa shape index (κ2) is 29.8. The molecule has 1 fully saturated rings. The van der Waals surface area contributed by atoms with Crippen molar-refractivity contribution >= 4 is 53.2 Å². The molecular formula is C55H69N9O13. The minimum absolute atomic E-state index is 0.0189. The summed E-state index contributed by atoms with van der Waals surface area (Å²) in [6.07, 6.45) is -2.86. The normalized spacial score (nSPS) is 16.1. The van der Waals surface area contributed by atoms with Gasteiger partial charge in [0.2, 0.25) is 47.3 Å². The van der Waals surface area contributed by atoms with E-state index >= 15 is 0 Å². The number of benzene rings is 4. The Bertz CT molecular complexity index is 2630. The molecule has 1 saturated heterocycles. The van der Waals surface area contributed by atoms with Gasteiger partial charge >= 0.3 is 5.97 Å². The van der Waals surface area contributed by atoms with Crippen LogP contribution < -0.4 is 43.0 Å². The first kappa shape index (κ1) is 59.7. The molecule has 77 heavy (non-hydrogen) atoms. The van der Waals surface area contributed by atoms with Gasteiger partial charge in [-0.2, -0.15) is 0 Å². The summed E-state index contributed by atoms with van der Waals surface area (Å²) in [6, 6.07) is 22.1. The topological polar surface area (TPSA) is 348 Å². The monoisotopic (exact) mass is 1060 g/mol. The van der Waals surface area contributed by atoms with Crippen molar-refractivity contribution in [2.75, 3.05) is 19.6 Å². The number of nitrogens with one attached hydrogen (secondary N) is 7. The third-order valence-electron chi connectivity index (χ3n) is 12.8. The number of phenolic OH excluding ortho intramolecular Hbond substituents is 1. The average Bonchev–Trinajstić information content (AvgIpc) is 3.91. The fourth-order valence-electron chi connectivity index (χ4n) is 8.67. The van der Waals surface area contributed by atoms with Crippen LogP contribution in [0.2, 0.25) is 0 Å². The third kappa shape index (κ3) is 18.8. The smallest absolute Gasteiger partial charge is 0.328 e. The molecular weight excluding hydrogens is 995 g/mol. The van der Waals surface area contributed by atoms with E-state index in [0.717, 1.165) is 17.4 Å². The summed E-state index contributed by atoms with van der Waals surface area (Å²) < 4.78 is 0. The number of aromatic hydroxyl groups is 1. The first-order valence-corrected chi connectivity index (χ1v) is 25.4. The van der Waals surface area contributed by atoms with Crippen molar-refractivity contribution in [3.05, 3.63) is 138 Å². The number of carbonyl (C=O) groups excluding carboxylic acids is 8. The maximum Gasteiger partial charge on any atom is 0.328 e. The van der Waals surface area contributed by atoms with E-state index in [9.17, 15) is 63.6 Å². The fourth-order valence-corrected chi connectivity index (χ4v) is 8.67. The first-order valence-electron chi connectivity index (χ1n) is 25.4. The molecule has 0 saturated carbocycles. The predicted molar refractivity (Wildman–Crippen MR) is 281 cm³/mol. The minimum Gasteiger partial charge on any atom is -0.508 e. The third-order valence-corrected chi connectivity index (χ3v) is 12.8. The van der Waals surface area contributed by atoms with Crippen molar-refractivity contribution in [2.24, 2.45) is 5.73 Å². The number of amides is 8. The van der Waals surface area contributed by atoms with Crippen molar-refractivity contribution in [2.45, 2.75) is 120 Å². The maximum atomic E-state index is 14.5. The molecule has 1 aliphatic rings. The number of likely N-dealkylation sites (tertiary alicyclic amines) is 1. The SMILES string of the molecule is C[C@@H](O)[C@H](NC(=O)[C@H](CCCNC(=O)Cc1ccccc1)NC(=O)[C@@H]1CCCN1C(=O)[C@@H](NC(=O)[C@H](Cc1ccc(O)cc1)NC(=O)[C@H](Cc1ccccc1)NC(=O)[C@H](Cc1ccccc1)NC(=O)CN)[C@@H](C)O)C(=O)O. The number of carbonyl (C=O) groups is 9. The minimum atomic E-state index is -1.74. The van der Waals surface area contributed by atoms with Crippen molar-refractivity contribution in [1.82, 2.24) is 42.1 Å². The van der Waals surface area contributed by atoms with E-state index in [0.29, 0.717) is 16.7 Å². The van der Waals surface area contributed by atoms with E-state index in [2.05, 4.69) is 37.2 Å². The number of aliphatic hydroxyl groups excluding tert-OH is 2. The van der Waals surface area contributed by atoms with Gasteiger partial charge in [-0.1, -0.05) is 103 Å². The van der Waals surface area contributed by atoms with Crippen LogP contribution in [-0.4, -0.2) is 153 Å². The molecule has 0 bridgehead atoms. The molecule has 9 atom stereocenters. The number of aliphatic carboxylic acids is 1. The maximum absolute atomic E-state index is 14.5. The number of phenols is 1. The first-order chi connectivity index (χ1) is 36.8. The van der Waals surface area contributed by atoms with Gasteiger partial charge in [0, 0.05) is 32.4 Å². The van der Waals surface area contributed by atoms with Crippen LogP contribution in [0.3, 0.4) is 0 Å². The van der Waals surface area contributed by atoms with Gasteiger partial charge < -0.3 is 68.3 Å². The molecule has 1 heterocycles. The van der Waals surface area contributed by atoms with Crippen LogP contribution in [0.4, 0.5) is 0 Å². The highest BCUT2D eigenvalue weighted by Crippen LogP contribution is 2.21. The number of nitrogens with two attached hydrogens (primary N) is 1. The van der Waals surface area contributed by atoms with E-state index in [1.54, 1.807) is 84.9 Å². The highest BCUT2D eigenvalue weighted by molar-refractivity contribution is 5.98. The quantitative estimate of drug-likeness (QED) is 0.0312. The average molecular weight is 1060 g/mol. The van der Waals surface area contributed by atoms with Crippen LogP contribution in [0.25, 0.3) is 0 Å². The molecule has 0 radical (unpaired) electrons. The number of rotatable bonds is 28. The summed E-state index contributed by atoms with van der Waals surface area (Å²) >= 11 is 0. The van der Waals surface area contributed by atoms with Crippen LogP contribution in [0.5, 0.6) is 5.75 Å². The Balaban J connectivity index is 1.35. The number of carboxylic acid groups (broad SMARTS) is 1. The van der Waals surface area contributed by atoms with E-state index < -0.39 is 108 Å². The molecule has 4 aromatic carbocycles. The fraction of sp³-hybridized carbons (Fsp3) is 0.400. The van der Waals surface area contributed by atoms with Crippen molar-refractivity contribution in [3.63, 3.8) is 0 Å². The second-order valence-corrected chi connectivity index (χ2v) is 18.9. The lowest BCUT2D eigenvalue weighted by Gasteiger charge is -2.32. The molecule has 0 spiro atoms. The molecule has 8 amide bonds. The molecule has 0 aliphatic carbocycles. The molecule has 22 nitrogen and oxygen atoms in total. The Morgan fingerprint density at radius 1 is 0.571 bits per heavy atom. The number of aliphatic hydroxyl groups is 2. The van der Waals surface area contributed by atoms with Gasteiger partial charge in [-0.15, -0.1) is 0 Å². The van der Waals surface area contributed by atoms with Crippen LogP contribution in [0, 0.1) is 0 Å². The molecule has 0 aromatic heterocycles. The summed E-state index contributed by atoms with van der Waals surface area (Å²) in [5.41, 5.74) is 8.13. The Labute approximate surface area is 445 Å². The summed E-state index contributed by atoms with van der Waals surface area (Å²) in [5, 5.41) is 59.1. The zero-order valence-corrected chi connectivity index (χ0v) is 42.9. The van der Waals surface area contributed by atoms with Gasteiger partial charge in [0.25, 0.3) is 0 Å². The van der Waals surface area contributed by atoms with Crippen LogP contribution >= 0.6 is 0 Å². The Hall–Kier alpha value is -8.21. The molecule has 5 rings (SSSR count). The summed E-state index contributed by atoms with van der Waals surface area (Å²) in [6.45, 7) is 2.05. The van der Waals surface area contributed by atoms with Gasteiger partial charge in [0.1, 0.15) is 42.0 Å². The highest BCUT2D eigenvalue weighted by Gasteiger charge is 2.42. The Morgan fingerprint density at radius 3 is 1.52 bits per heavy atom. The van der Waals surface area contributed by atoms with Crippen LogP contribution in [0.1, 0.15) is 61.8 Å². The summed E-state index contributed by atoms with van der Waals surface area (Å²) in [4.78, 5) is 123. The Kier molecular flexibility index (Phi) is 23.1. The molecule has 4 aromatic rings. The largest absolute Gasteiger partial charge is 0.508 e. The number of hydrogen-bond acceptors (Lipinski definition) is 13. The van der Waals surface area contributed by atoms with Gasteiger partial charge in [-0.05, 0) is 73.9 Å². The molecule has 1 aliphatic heterocycles. The van der Waals surface area contributed by atoms with Crippen LogP contribution in [0.15, 0.2) is 115 Å². The number of nitrogens with zero attached hydrogens (tertiary/aromatic N) is 1. The molecule has 22 heteroatoms. The zero-order valence-electron chi connectivity index (χ0n) is 42.9.